The molecule has 1 amide bonds. The zero-order chi connectivity index (χ0) is 11.7. The van der Waals surface area contributed by atoms with Crippen molar-refractivity contribution in [3.05, 3.63) is 47.5 Å². The van der Waals surface area contributed by atoms with Crippen LogP contribution in [0.25, 0.3) is 0 Å². The number of rotatable bonds is 2. The Bertz CT molecular complexity index is 479. The van der Waals surface area contributed by atoms with Gasteiger partial charge in [-0.25, -0.2) is 4.79 Å². The smallest absolute Gasteiger partial charge is 0.335 e. The Balaban J connectivity index is 2.28. The predicted molar refractivity (Wildman–Crippen MR) is 57.9 cm³/mol. The molecule has 0 atom stereocenters. The highest BCUT2D eigenvalue weighted by atomic mass is 16.4. The molecule has 1 aliphatic rings. The summed E-state index contributed by atoms with van der Waals surface area (Å²) in [5.74, 6) is -1.08. The summed E-state index contributed by atoms with van der Waals surface area (Å²) in [6, 6.07) is 4.94. The zero-order valence-corrected chi connectivity index (χ0v) is 8.64. The van der Waals surface area contributed by atoms with Gasteiger partial charge in [-0.05, 0) is 29.3 Å². The van der Waals surface area contributed by atoms with Crippen molar-refractivity contribution < 1.29 is 14.7 Å². The number of nitrogens with zero attached hydrogens (tertiary/aromatic N) is 1. The fraction of sp³-hybridized carbons (Fsp3) is 0.167. The number of hydrogen-bond acceptors (Lipinski definition) is 2. The number of aromatic carboxylic acids is 1. The molecule has 1 N–H and O–H groups in total. The van der Waals surface area contributed by atoms with Crippen LogP contribution in [0.3, 0.4) is 0 Å². The van der Waals surface area contributed by atoms with Gasteiger partial charge in [-0.15, -0.1) is 0 Å². The van der Waals surface area contributed by atoms with E-state index in [9.17, 15) is 9.59 Å². The van der Waals surface area contributed by atoms with Crippen molar-refractivity contribution >= 4 is 11.9 Å². The van der Waals surface area contributed by atoms with Crippen LogP contribution >= 0.6 is 0 Å². The third kappa shape index (κ3) is 1.69. The lowest BCUT2D eigenvalue weighted by Gasteiger charge is -2.11. The fourth-order valence-electron chi connectivity index (χ4n) is 1.81. The van der Waals surface area contributed by atoms with Gasteiger partial charge in [0, 0.05) is 13.1 Å². The van der Waals surface area contributed by atoms with Crippen LogP contribution in [0, 0.1) is 0 Å². The van der Waals surface area contributed by atoms with Crippen LogP contribution in [0.4, 0.5) is 0 Å². The number of amides is 1. The van der Waals surface area contributed by atoms with Gasteiger partial charge in [0.25, 0.3) is 0 Å². The maximum Gasteiger partial charge on any atom is 0.335 e. The molecule has 0 fully saturated rings. The molecule has 0 bridgehead atoms. The molecule has 0 radical (unpaired) electrons. The summed E-state index contributed by atoms with van der Waals surface area (Å²) < 4.78 is 0. The first kappa shape index (κ1) is 10.4. The van der Waals surface area contributed by atoms with Gasteiger partial charge in [0.05, 0.1) is 5.56 Å². The molecule has 4 heteroatoms. The molecular weight excluding hydrogens is 206 g/mol. The Morgan fingerprint density at radius 2 is 2.00 bits per heavy atom. The Morgan fingerprint density at radius 3 is 2.62 bits per heavy atom. The van der Waals surface area contributed by atoms with Gasteiger partial charge >= 0.3 is 5.97 Å². The molecular formula is C12H11NO3. The van der Waals surface area contributed by atoms with Crippen LogP contribution in [-0.4, -0.2) is 21.9 Å². The summed E-state index contributed by atoms with van der Waals surface area (Å²) >= 11 is 0. The van der Waals surface area contributed by atoms with E-state index in [2.05, 4.69) is 6.58 Å². The van der Waals surface area contributed by atoms with Crippen molar-refractivity contribution in [1.82, 2.24) is 4.90 Å². The van der Waals surface area contributed by atoms with Crippen molar-refractivity contribution in [2.24, 2.45) is 0 Å². The Hall–Kier alpha value is -2.10. The highest BCUT2D eigenvalue weighted by Gasteiger charge is 2.22. The maximum atomic E-state index is 11.4. The topological polar surface area (TPSA) is 57.6 Å². The maximum absolute atomic E-state index is 11.4. The SMILES string of the molecule is C=CC(=O)N1Cc2ccc(C(=O)O)cc2C1. The lowest BCUT2D eigenvalue weighted by molar-refractivity contribution is -0.126. The second-order valence-corrected chi connectivity index (χ2v) is 3.69. The van der Waals surface area contributed by atoms with Gasteiger partial charge in [-0.1, -0.05) is 12.6 Å². The lowest BCUT2D eigenvalue weighted by atomic mass is 10.1. The van der Waals surface area contributed by atoms with E-state index < -0.39 is 5.97 Å². The van der Waals surface area contributed by atoms with E-state index in [1.807, 2.05) is 0 Å². The Morgan fingerprint density at radius 1 is 1.31 bits per heavy atom. The van der Waals surface area contributed by atoms with Gasteiger partial charge in [-0.2, -0.15) is 0 Å². The van der Waals surface area contributed by atoms with E-state index >= 15 is 0 Å². The van der Waals surface area contributed by atoms with E-state index in [1.54, 1.807) is 23.1 Å². The van der Waals surface area contributed by atoms with Crippen LogP contribution in [0.2, 0.25) is 0 Å². The standard InChI is InChI=1S/C12H11NO3/c1-2-11(14)13-6-9-4-3-8(12(15)16)5-10(9)7-13/h2-5H,1,6-7H2,(H,15,16). The molecule has 2 rings (SSSR count). The first-order chi connectivity index (χ1) is 7.61. The van der Waals surface area contributed by atoms with Crippen molar-refractivity contribution in [2.75, 3.05) is 0 Å². The normalized spacial score (nSPS) is 13.4. The second kappa shape index (κ2) is 3.81. The van der Waals surface area contributed by atoms with Crippen molar-refractivity contribution in [3.8, 4) is 0 Å². The summed E-state index contributed by atoms with van der Waals surface area (Å²) in [6.45, 7) is 4.42. The molecule has 1 heterocycles. The highest BCUT2D eigenvalue weighted by molar-refractivity contribution is 5.89. The molecule has 0 saturated carbocycles. The van der Waals surface area contributed by atoms with Crippen LogP contribution in [0.5, 0.6) is 0 Å². The summed E-state index contributed by atoms with van der Waals surface area (Å²) in [5, 5.41) is 8.84. The van der Waals surface area contributed by atoms with Crippen molar-refractivity contribution in [2.45, 2.75) is 13.1 Å². The summed E-state index contributed by atoms with van der Waals surface area (Å²) in [5.41, 5.74) is 2.15. The number of carbonyl (C=O) groups excluding carboxylic acids is 1. The van der Waals surface area contributed by atoms with E-state index in [-0.39, 0.29) is 11.5 Å². The first-order valence-electron chi connectivity index (χ1n) is 4.88. The molecule has 1 aromatic carbocycles. The quantitative estimate of drug-likeness (QED) is 0.762. The molecule has 4 nitrogen and oxygen atoms in total. The van der Waals surface area contributed by atoms with Crippen molar-refractivity contribution in [1.29, 1.82) is 0 Å². The molecule has 0 saturated heterocycles. The first-order valence-corrected chi connectivity index (χ1v) is 4.88. The average molecular weight is 217 g/mol. The lowest BCUT2D eigenvalue weighted by Crippen LogP contribution is -2.22. The molecule has 16 heavy (non-hydrogen) atoms. The number of benzene rings is 1. The van der Waals surface area contributed by atoms with E-state index in [0.29, 0.717) is 13.1 Å². The Kier molecular flexibility index (Phi) is 2.48. The second-order valence-electron chi connectivity index (χ2n) is 3.69. The van der Waals surface area contributed by atoms with Crippen LogP contribution < -0.4 is 0 Å². The highest BCUT2D eigenvalue weighted by Crippen LogP contribution is 2.23. The minimum Gasteiger partial charge on any atom is -0.478 e. The number of carbonyl (C=O) groups is 2. The minimum absolute atomic E-state index is 0.131. The monoisotopic (exact) mass is 217 g/mol. The van der Waals surface area contributed by atoms with Crippen LogP contribution in [0.15, 0.2) is 30.9 Å². The molecule has 0 aliphatic carbocycles. The van der Waals surface area contributed by atoms with Crippen LogP contribution in [-0.2, 0) is 17.9 Å². The molecule has 82 valence electrons. The third-order valence-electron chi connectivity index (χ3n) is 2.66. The summed E-state index contributed by atoms with van der Waals surface area (Å²) in [4.78, 5) is 23.8. The zero-order valence-electron chi connectivity index (χ0n) is 8.64. The van der Waals surface area contributed by atoms with Crippen molar-refractivity contribution in [3.63, 3.8) is 0 Å². The van der Waals surface area contributed by atoms with E-state index in [0.717, 1.165) is 11.1 Å². The summed E-state index contributed by atoms with van der Waals surface area (Å²) in [6.07, 6.45) is 1.27. The molecule has 1 aliphatic heterocycles. The van der Waals surface area contributed by atoms with Gasteiger partial charge in [-0.3, -0.25) is 4.79 Å². The number of fused-ring (bicyclic) bond motifs is 1. The Labute approximate surface area is 92.8 Å². The molecule has 0 aromatic heterocycles. The third-order valence-corrected chi connectivity index (χ3v) is 2.66. The number of carboxylic acid groups (broad SMARTS) is 1. The minimum atomic E-state index is -0.948. The molecule has 1 aromatic rings. The number of carboxylic acids is 1. The largest absolute Gasteiger partial charge is 0.478 e. The predicted octanol–water partition coefficient (Wildman–Crippen LogP) is 1.41. The summed E-state index contributed by atoms with van der Waals surface area (Å²) in [7, 11) is 0. The van der Waals surface area contributed by atoms with Gasteiger partial charge < -0.3 is 10.0 Å². The van der Waals surface area contributed by atoms with E-state index in [1.165, 1.54) is 6.08 Å². The average Bonchev–Trinajstić information content (AvgIpc) is 2.70. The fourth-order valence-corrected chi connectivity index (χ4v) is 1.81. The number of hydrogen-bond donors (Lipinski definition) is 1. The van der Waals surface area contributed by atoms with Gasteiger partial charge in [0.1, 0.15) is 0 Å². The molecule has 0 unspecified atom stereocenters. The van der Waals surface area contributed by atoms with Crippen LogP contribution in [0.1, 0.15) is 21.5 Å². The van der Waals surface area contributed by atoms with E-state index in [4.69, 9.17) is 5.11 Å². The van der Waals surface area contributed by atoms with Gasteiger partial charge in [0.15, 0.2) is 0 Å². The van der Waals surface area contributed by atoms with Gasteiger partial charge in [0.2, 0.25) is 5.91 Å². The molecule has 0 spiro atoms.